The molecule has 4 atom stereocenters. The molecule has 1 aliphatic rings. The van der Waals surface area contributed by atoms with E-state index in [1.165, 1.54) is 10.8 Å². The van der Waals surface area contributed by atoms with Crippen LogP contribution in [0.3, 0.4) is 0 Å². The van der Waals surface area contributed by atoms with Crippen LogP contribution in [0.1, 0.15) is 39.0 Å². The van der Waals surface area contributed by atoms with Crippen LogP contribution in [0.2, 0.25) is 5.04 Å². The van der Waals surface area contributed by atoms with Gasteiger partial charge < -0.3 is 24.1 Å². The van der Waals surface area contributed by atoms with E-state index in [1.807, 2.05) is 36.4 Å². The third-order valence-electron chi connectivity index (χ3n) is 7.23. The second-order valence-electron chi connectivity index (χ2n) is 10.9. The Morgan fingerprint density at radius 3 is 2.15 bits per heavy atom. The molecule has 0 amide bonds. The number of aromatic amines is 1. The first-order valence-corrected chi connectivity index (χ1v) is 15.1. The van der Waals surface area contributed by atoms with Gasteiger partial charge in [-0.1, -0.05) is 81.4 Å². The molecule has 3 aromatic rings. The lowest BCUT2D eigenvalue weighted by atomic mass is 10.1. The topological polar surface area (TPSA) is 123 Å². The van der Waals surface area contributed by atoms with E-state index in [2.05, 4.69) is 50.0 Å². The maximum atomic E-state index is 12.7. The van der Waals surface area contributed by atoms with Crippen molar-refractivity contribution in [3.63, 3.8) is 0 Å². The Bertz CT molecular complexity index is 1300. The van der Waals surface area contributed by atoms with Crippen LogP contribution in [0.4, 0.5) is 0 Å². The molecule has 0 bridgehead atoms. The number of hydrogen-bond donors (Lipinski definition) is 3. The van der Waals surface area contributed by atoms with Gasteiger partial charge in [-0.15, -0.1) is 0 Å². The minimum atomic E-state index is -2.91. The van der Waals surface area contributed by atoms with Crippen LogP contribution >= 0.6 is 0 Å². The summed E-state index contributed by atoms with van der Waals surface area (Å²) >= 11 is 0. The molecule has 1 aliphatic heterocycles. The molecule has 210 valence electrons. The highest BCUT2D eigenvalue weighted by molar-refractivity contribution is 6.99. The number of aromatic nitrogens is 2. The molecular formula is C29H38N2O7Si. The number of H-pyrrole nitrogens is 1. The average Bonchev–Trinajstić information content (AvgIpc) is 3.22. The fourth-order valence-corrected chi connectivity index (χ4v) is 9.86. The highest BCUT2D eigenvalue weighted by Crippen LogP contribution is 2.38. The molecule has 2 heterocycles. The summed E-state index contributed by atoms with van der Waals surface area (Å²) in [7, 11) is -2.91. The fraction of sp³-hybridized carbons (Fsp3) is 0.448. The van der Waals surface area contributed by atoms with Crippen molar-refractivity contribution in [2.75, 3.05) is 19.8 Å². The molecule has 0 unspecified atom stereocenters. The molecule has 3 N–H and O–H groups in total. The van der Waals surface area contributed by atoms with Gasteiger partial charge in [0.05, 0.1) is 6.61 Å². The summed E-state index contributed by atoms with van der Waals surface area (Å²) in [5, 5.41) is 22.5. The van der Waals surface area contributed by atoms with Gasteiger partial charge in [-0.25, -0.2) is 4.79 Å². The summed E-state index contributed by atoms with van der Waals surface area (Å²) in [6.07, 6.45) is -2.06. The van der Waals surface area contributed by atoms with Gasteiger partial charge in [0, 0.05) is 25.0 Å². The SMILES string of the molecule is Cc1cn([C@@H]2O[C@H](CO[Si](c3ccccc3)(c3ccccc3)C(C)(C)C)[C@@H](O)[C@H]2OCCCO)c(=O)[nH]c1=O. The van der Waals surface area contributed by atoms with Gasteiger partial charge in [0.15, 0.2) is 6.23 Å². The van der Waals surface area contributed by atoms with Crippen LogP contribution in [0.25, 0.3) is 0 Å². The monoisotopic (exact) mass is 554 g/mol. The van der Waals surface area contributed by atoms with E-state index < -0.39 is 44.1 Å². The normalized spacial score (nSPS) is 21.8. The van der Waals surface area contributed by atoms with Gasteiger partial charge in [0.25, 0.3) is 13.9 Å². The number of rotatable bonds is 10. The van der Waals surface area contributed by atoms with E-state index in [4.69, 9.17) is 13.9 Å². The molecule has 0 aliphatic carbocycles. The average molecular weight is 555 g/mol. The van der Waals surface area contributed by atoms with Crippen molar-refractivity contribution in [1.82, 2.24) is 9.55 Å². The molecule has 1 fully saturated rings. The molecule has 1 aromatic heterocycles. The largest absolute Gasteiger partial charge is 0.405 e. The first-order chi connectivity index (χ1) is 18.6. The molecular weight excluding hydrogens is 516 g/mol. The van der Waals surface area contributed by atoms with Gasteiger partial charge >= 0.3 is 5.69 Å². The highest BCUT2D eigenvalue weighted by atomic mass is 28.4. The Labute approximate surface area is 229 Å². The van der Waals surface area contributed by atoms with Crippen molar-refractivity contribution in [3.05, 3.63) is 93.3 Å². The zero-order valence-electron chi connectivity index (χ0n) is 22.9. The minimum Gasteiger partial charge on any atom is -0.405 e. The summed E-state index contributed by atoms with van der Waals surface area (Å²) in [6, 6.07) is 20.3. The van der Waals surface area contributed by atoms with Gasteiger partial charge in [-0.2, -0.15) is 0 Å². The number of aliphatic hydroxyl groups excluding tert-OH is 2. The number of benzene rings is 2. The first-order valence-electron chi connectivity index (χ1n) is 13.2. The fourth-order valence-electron chi connectivity index (χ4n) is 5.29. The van der Waals surface area contributed by atoms with E-state index in [0.29, 0.717) is 12.0 Å². The zero-order valence-corrected chi connectivity index (χ0v) is 23.9. The first kappa shape index (κ1) is 29.1. The molecule has 1 saturated heterocycles. The number of aliphatic hydroxyl groups is 2. The lowest BCUT2D eigenvalue weighted by molar-refractivity contribution is -0.0754. The lowest BCUT2D eigenvalue weighted by Gasteiger charge is -2.43. The highest BCUT2D eigenvalue weighted by Gasteiger charge is 2.52. The van der Waals surface area contributed by atoms with Gasteiger partial charge in [0.1, 0.15) is 18.3 Å². The number of nitrogens with one attached hydrogen (secondary N) is 1. The predicted octanol–water partition coefficient (Wildman–Crippen LogP) is 1.45. The van der Waals surface area contributed by atoms with Gasteiger partial charge in [0.2, 0.25) is 0 Å². The van der Waals surface area contributed by atoms with Crippen LogP contribution < -0.4 is 21.6 Å². The molecule has 2 aromatic carbocycles. The second kappa shape index (κ2) is 12.1. The maximum Gasteiger partial charge on any atom is 0.330 e. The molecule has 0 radical (unpaired) electrons. The number of hydrogen-bond acceptors (Lipinski definition) is 7. The number of ether oxygens (including phenoxy) is 2. The van der Waals surface area contributed by atoms with Crippen molar-refractivity contribution in [2.45, 2.75) is 63.7 Å². The van der Waals surface area contributed by atoms with E-state index >= 15 is 0 Å². The van der Waals surface area contributed by atoms with Crippen LogP contribution in [-0.4, -0.2) is 66.2 Å². The van der Waals surface area contributed by atoms with E-state index in [9.17, 15) is 19.8 Å². The van der Waals surface area contributed by atoms with Crippen molar-refractivity contribution < 1.29 is 24.1 Å². The Morgan fingerprint density at radius 2 is 1.62 bits per heavy atom. The van der Waals surface area contributed by atoms with Crippen molar-refractivity contribution in [2.24, 2.45) is 0 Å². The molecule has 0 saturated carbocycles. The summed E-state index contributed by atoms with van der Waals surface area (Å²) in [6.45, 7) is 8.23. The van der Waals surface area contributed by atoms with Crippen LogP contribution in [-0.2, 0) is 13.9 Å². The summed E-state index contributed by atoms with van der Waals surface area (Å²) in [5.74, 6) is 0. The van der Waals surface area contributed by atoms with Gasteiger partial charge in [-0.3, -0.25) is 14.3 Å². The van der Waals surface area contributed by atoms with E-state index in [0.717, 1.165) is 10.4 Å². The number of aryl methyl sites for hydroxylation is 1. The molecule has 10 heteroatoms. The quantitative estimate of drug-likeness (QED) is 0.256. The number of nitrogens with zero attached hydrogens (tertiary/aromatic N) is 1. The smallest absolute Gasteiger partial charge is 0.330 e. The van der Waals surface area contributed by atoms with Crippen LogP contribution in [0, 0.1) is 6.92 Å². The molecule has 0 spiro atoms. The van der Waals surface area contributed by atoms with Crippen LogP contribution in [0.5, 0.6) is 0 Å². The predicted molar refractivity (Wildman–Crippen MR) is 151 cm³/mol. The van der Waals surface area contributed by atoms with Crippen molar-refractivity contribution in [1.29, 1.82) is 0 Å². The Kier molecular flexibility index (Phi) is 9.05. The zero-order chi connectivity index (χ0) is 28.2. The minimum absolute atomic E-state index is 0.0574. The summed E-state index contributed by atoms with van der Waals surface area (Å²) < 4.78 is 20.4. The van der Waals surface area contributed by atoms with E-state index in [-0.39, 0.29) is 24.9 Å². The Balaban J connectivity index is 1.71. The van der Waals surface area contributed by atoms with Crippen LogP contribution in [0.15, 0.2) is 76.4 Å². The van der Waals surface area contributed by atoms with Crippen molar-refractivity contribution in [3.8, 4) is 0 Å². The van der Waals surface area contributed by atoms with Gasteiger partial charge in [-0.05, 0) is 28.8 Å². The third kappa shape index (κ3) is 5.86. The van der Waals surface area contributed by atoms with Crippen molar-refractivity contribution >= 4 is 18.7 Å². The second-order valence-corrected chi connectivity index (χ2v) is 15.2. The summed E-state index contributed by atoms with van der Waals surface area (Å²) in [4.78, 5) is 27.0. The van der Waals surface area contributed by atoms with E-state index in [1.54, 1.807) is 6.92 Å². The lowest BCUT2D eigenvalue weighted by Crippen LogP contribution is -2.67. The molecule has 39 heavy (non-hydrogen) atoms. The standard InChI is InChI=1S/C29H38N2O7Si/c1-20-18-31(28(35)30-26(20)34)27-25(36-17-11-16-32)24(33)23(38-27)19-37-39(29(2,3)4,21-12-7-5-8-13-21)22-14-9-6-10-15-22/h5-10,12-15,18,23-25,27,32-33H,11,16-17,19H2,1-4H3,(H,30,34,35)/t23-,24-,25-,27-/m1/s1. The molecule has 4 rings (SSSR count). The summed E-state index contributed by atoms with van der Waals surface area (Å²) in [5.41, 5.74) is -0.819. The Hall–Kier alpha value is -2.86. The molecule has 9 nitrogen and oxygen atoms in total. The maximum absolute atomic E-state index is 12.7. The third-order valence-corrected chi connectivity index (χ3v) is 12.2. The Morgan fingerprint density at radius 1 is 1.03 bits per heavy atom.